The molecule has 0 amide bonds. The second kappa shape index (κ2) is 5.60. The number of halogens is 3. The van der Waals surface area contributed by atoms with Crippen molar-refractivity contribution in [1.82, 2.24) is 9.78 Å². The molecule has 0 radical (unpaired) electrons. The zero-order valence-electron chi connectivity index (χ0n) is 10.7. The van der Waals surface area contributed by atoms with Gasteiger partial charge in [0.2, 0.25) is 0 Å². The summed E-state index contributed by atoms with van der Waals surface area (Å²) in [6.45, 7) is 0. The molecule has 21 heavy (non-hydrogen) atoms. The topological polar surface area (TPSA) is 43.8 Å². The molecule has 0 saturated carbocycles. The molecule has 0 spiro atoms. The van der Waals surface area contributed by atoms with Gasteiger partial charge in [0.1, 0.15) is 5.69 Å². The van der Waals surface area contributed by atoms with Gasteiger partial charge in [-0.2, -0.15) is 5.10 Å². The molecule has 3 aromatic rings. The summed E-state index contributed by atoms with van der Waals surface area (Å²) in [5.41, 5.74) is 8.66. The van der Waals surface area contributed by atoms with E-state index in [9.17, 15) is 0 Å². The predicted octanol–water partition coefficient (Wildman–Crippen LogP) is 5.08. The number of nitrogen functional groups attached to an aromatic ring is 1. The van der Waals surface area contributed by atoms with Crippen LogP contribution in [-0.4, -0.2) is 9.78 Å². The smallest absolute Gasteiger partial charge is 0.117 e. The highest BCUT2D eigenvalue weighted by atomic mass is 35.5. The van der Waals surface area contributed by atoms with E-state index in [0.29, 0.717) is 32.0 Å². The van der Waals surface area contributed by atoms with E-state index in [4.69, 9.17) is 40.5 Å². The number of hydrogen-bond acceptors (Lipinski definition) is 2. The Bertz CT molecular complexity index is 812. The zero-order valence-corrected chi connectivity index (χ0v) is 13.0. The van der Waals surface area contributed by atoms with Gasteiger partial charge in [0.15, 0.2) is 0 Å². The Morgan fingerprint density at radius 2 is 1.76 bits per heavy atom. The van der Waals surface area contributed by atoms with E-state index in [2.05, 4.69) is 5.10 Å². The minimum atomic E-state index is 0.433. The SMILES string of the molecule is Nc1cn(-c2cccc(Cl)c2)nc1-c1cccc(Cl)c1Cl. The van der Waals surface area contributed by atoms with Crippen molar-refractivity contribution in [3.05, 3.63) is 63.7 Å². The van der Waals surface area contributed by atoms with Gasteiger partial charge in [0.05, 0.1) is 27.6 Å². The van der Waals surface area contributed by atoms with Gasteiger partial charge < -0.3 is 5.73 Å². The van der Waals surface area contributed by atoms with Gasteiger partial charge in [-0.05, 0) is 24.3 Å². The van der Waals surface area contributed by atoms with Crippen LogP contribution >= 0.6 is 34.8 Å². The van der Waals surface area contributed by atoms with E-state index < -0.39 is 0 Å². The number of rotatable bonds is 2. The van der Waals surface area contributed by atoms with E-state index in [0.717, 1.165) is 5.69 Å². The maximum absolute atomic E-state index is 6.22. The van der Waals surface area contributed by atoms with Gasteiger partial charge >= 0.3 is 0 Å². The molecule has 1 heterocycles. The van der Waals surface area contributed by atoms with Crippen molar-refractivity contribution in [2.75, 3.05) is 5.73 Å². The Balaban J connectivity index is 2.12. The molecular formula is C15H10Cl3N3. The third-order valence-corrected chi connectivity index (χ3v) is 4.08. The molecule has 1 aromatic heterocycles. The lowest BCUT2D eigenvalue weighted by atomic mass is 10.1. The van der Waals surface area contributed by atoms with Crippen molar-refractivity contribution in [2.24, 2.45) is 0 Å². The molecule has 0 unspecified atom stereocenters. The third kappa shape index (κ3) is 2.72. The molecule has 0 bridgehead atoms. The lowest BCUT2D eigenvalue weighted by Crippen LogP contribution is -1.94. The van der Waals surface area contributed by atoms with Crippen molar-refractivity contribution >= 4 is 40.5 Å². The first-order chi connectivity index (χ1) is 10.1. The summed E-state index contributed by atoms with van der Waals surface area (Å²) in [5, 5.41) is 6.01. The van der Waals surface area contributed by atoms with Gasteiger partial charge in [-0.3, -0.25) is 0 Å². The van der Waals surface area contributed by atoms with Crippen LogP contribution in [0.25, 0.3) is 16.9 Å². The Labute approximate surface area is 136 Å². The first kappa shape index (κ1) is 14.3. The number of benzene rings is 2. The average Bonchev–Trinajstić information content (AvgIpc) is 2.84. The van der Waals surface area contributed by atoms with E-state index in [-0.39, 0.29) is 0 Å². The Hall–Kier alpha value is -1.68. The molecule has 0 aliphatic rings. The van der Waals surface area contributed by atoms with Crippen molar-refractivity contribution in [3.8, 4) is 16.9 Å². The van der Waals surface area contributed by atoms with Gasteiger partial charge in [-0.25, -0.2) is 4.68 Å². The average molecular weight is 339 g/mol. The summed E-state index contributed by atoms with van der Waals surface area (Å²) in [7, 11) is 0. The molecule has 2 aromatic carbocycles. The number of hydrogen-bond donors (Lipinski definition) is 1. The fourth-order valence-corrected chi connectivity index (χ4v) is 2.61. The van der Waals surface area contributed by atoms with Crippen molar-refractivity contribution < 1.29 is 0 Å². The van der Waals surface area contributed by atoms with Gasteiger partial charge in [0.25, 0.3) is 0 Å². The Morgan fingerprint density at radius 1 is 1.00 bits per heavy atom. The van der Waals surface area contributed by atoms with Crippen LogP contribution < -0.4 is 5.73 Å². The van der Waals surface area contributed by atoms with Gasteiger partial charge in [-0.1, -0.05) is 53.0 Å². The van der Waals surface area contributed by atoms with Crippen molar-refractivity contribution in [3.63, 3.8) is 0 Å². The largest absolute Gasteiger partial charge is 0.396 e. The van der Waals surface area contributed by atoms with Crippen LogP contribution in [0.2, 0.25) is 15.1 Å². The molecule has 0 atom stereocenters. The number of anilines is 1. The fraction of sp³-hybridized carbons (Fsp3) is 0. The molecule has 2 N–H and O–H groups in total. The maximum Gasteiger partial charge on any atom is 0.117 e. The van der Waals surface area contributed by atoms with Crippen LogP contribution in [0.1, 0.15) is 0 Å². The van der Waals surface area contributed by atoms with E-state index in [1.165, 1.54) is 0 Å². The van der Waals surface area contributed by atoms with Gasteiger partial charge in [0, 0.05) is 10.6 Å². The fourth-order valence-electron chi connectivity index (χ4n) is 2.03. The normalized spacial score (nSPS) is 10.8. The maximum atomic E-state index is 6.22. The highest BCUT2D eigenvalue weighted by Crippen LogP contribution is 2.35. The van der Waals surface area contributed by atoms with Crippen LogP contribution in [0.15, 0.2) is 48.7 Å². The highest BCUT2D eigenvalue weighted by Gasteiger charge is 2.14. The van der Waals surface area contributed by atoms with Crippen LogP contribution in [0.3, 0.4) is 0 Å². The Morgan fingerprint density at radius 3 is 2.52 bits per heavy atom. The molecular weight excluding hydrogens is 329 g/mol. The van der Waals surface area contributed by atoms with Crippen molar-refractivity contribution in [1.29, 1.82) is 0 Å². The minimum absolute atomic E-state index is 0.433. The molecule has 0 fully saturated rings. The highest BCUT2D eigenvalue weighted by molar-refractivity contribution is 6.43. The minimum Gasteiger partial charge on any atom is -0.396 e. The van der Waals surface area contributed by atoms with Crippen LogP contribution in [0.4, 0.5) is 5.69 Å². The second-order valence-electron chi connectivity index (χ2n) is 4.46. The first-order valence-electron chi connectivity index (χ1n) is 6.12. The van der Waals surface area contributed by atoms with E-state index in [1.807, 2.05) is 18.2 Å². The molecule has 3 rings (SSSR count). The summed E-state index contributed by atoms with van der Waals surface area (Å²) in [6.07, 6.45) is 1.72. The molecule has 106 valence electrons. The summed E-state index contributed by atoms with van der Waals surface area (Å²) in [4.78, 5) is 0. The van der Waals surface area contributed by atoms with E-state index >= 15 is 0 Å². The number of nitrogens with zero attached hydrogens (tertiary/aromatic N) is 2. The molecule has 0 saturated heterocycles. The Kier molecular flexibility index (Phi) is 3.81. The van der Waals surface area contributed by atoms with Crippen molar-refractivity contribution in [2.45, 2.75) is 0 Å². The summed E-state index contributed by atoms with van der Waals surface area (Å²) in [6, 6.07) is 12.7. The van der Waals surface area contributed by atoms with E-state index in [1.54, 1.807) is 35.1 Å². The third-order valence-electron chi connectivity index (χ3n) is 3.02. The zero-order chi connectivity index (χ0) is 15.0. The first-order valence-corrected chi connectivity index (χ1v) is 7.25. The number of nitrogens with two attached hydrogens (primary N) is 1. The summed E-state index contributed by atoms with van der Waals surface area (Å²) in [5.74, 6) is 0. The van der Waals surface area contributed by atoms with Crippen LogP contribution in [0.5, 0.6) is 0 Å². The predicted molar refractivity (Wildman–Crippen MR) is 88.4 cm³/mol. The van der Waals surface area contributed by atoms with Crippen LogP contribution in [0, 0.1) is 0 Å². The molecule has 3 nitrogen and oxygen atoms in total. The second-order valence-corrected chi connectivity index (χ2v) is 5.68. The monoisotopic (exact) mass is 337 g/mol. The molecule has 0 aliphatic heterocycles. The summed E-state index contributed by atoms with van der Waals surface area (Å²) >= 11 is 18.3. The lowest BCUT2D eigenvalue weighted by Gasteiger charge is -2.04. The summed E-state index contributed by atoms with van der Waals surface area (Å²) < 4.78 is 1.66. The molecule has 6 heteroatoms. The quantitative estimate of drug-likeness (QED) is 0.708. The van der Waals surface area contributed by atoms with Crippen LogP contribution in [-0.2, 0) is 0 Å². The number of aromatic nitrogens is 2. The lowest BCUT2D eigenvalue weighted by molar-refractivity contribution is 0.884. The van der Waals surface area contributed by atoms with Gasteiger partial charge in [-0.15, -0.1) is 0 Å². The molecule has 0 aliphatic carbocycles. The standard InChI is InChI=1S/C15H10Cl3N3/c16-9-3-1-4-10(7-9)21-8-13(19)15(20-21)11-5-2-6-12(17)14(11)18/h1-8H,19H2.